The van der Waals surface area contributed by atoms with Crippen LogP contribution in [0.25, 0.3) is 0 Å². The Hall–Kier alpha value is -1.47. The van der Waals surface area contributed by atoms with E-state index in [0.29, 0.717) is 26.3 Å². The van der Waals surface area contributed by atoms with Gasteiger partial charge in [0, 0.05) is 38.9 Å². The van der Waals surface area contributed by atoms with E-state index in [0.717, 1.165) is 24.1 Å². The third-order valence-corrected chi connectivity index (χ3v) is 4.96. The van der Waals surface area contributed by atoms with Gasteiger partial charge in [-0.2, -0.15) is 0 Å². The van der Waals surface area contributed by atoms with Crippen molar-refractivity contribution in [2.45, 2.75) is 44.1 Å². The lowest BCUT2D eigenvalue weighted by molar-refractivity contribution is -0.114. The molecule has 2 aliphatic heterocycles. The number of hydrogen-bond acceptors (Lipinski definition) is 5. The van der Waals surface area contributed by atoms with Gasteiger partial charge < -0.3 is 20.3 Å². The Morgan fingerprint density at radius 2 is 1.96 bits per heavy atom. The number of hydrogen-bond donors (Lipinski definition) is 3. The fourth-order valence-corrected chi connectivity index (χ4v) is 3.73. The highest BCUT2D eigenvalue weighted by Gasteiger charge is 2.53. The minimum atomic E-state index is -0.731. The molecule has 0 radical (unpaired) electrons. The van der Waals surface area contributed by atoms with Gasteiger partial charge in [-0.25, -0.2) is 0 Å². The SMILES string of the molecule is CC(=O)Nc1ccc(CN2C[C@@H](O)[C@@H](O)C23CCOCC3)cc1. The number of carbonyl (C=O) groups excluding carboxylic acids is 1. The van der Waals surface area contributed by atoms with Gasteiger partial charge in [-0.15, -0.1) is 0 Å². The number of likely N-dealkylation sites (tertiary alicyclic amines) is 1. The number of nitrogens with zero attached hydrogens (tertiary/aromatic N) is 1. The summed E-state index contributed by atoms with van der Waals surface area (Å²) in [5, 5.41) is 23.3. The summed E-state index contributed by atoms with van der Waals surface area (Å²) >= 11 is 0. The van der Waals surface area contributed by atoms with E-state index in [-0.39, 0.29) is 5.91 Å². The van der Waals surface area contributed by atoms with Gasteiger partial charge in [0.05, 0.1) is 17.7 Å². The second-order valence-electron chi connectivity index (χ2n) is 6.49. The number of amides is 1. The highest BCUT2D eigenvalue weighted by Crippen LogP contribution is 2.39. The average Bonchev–Trinajstić information content (AvgIpc) is 2.75. The molecule has 0 unspecified atom stereocenters. The van der Waals surface area contributed by atoms with E-state index in [1.165, 1.54) is 6.92 Å². The molecule has 1 aromatic carbocycles. The zero-order chi connectivity index (χ0) is 16.4. The zero-order valence-electron chi connectivity index (χ0n) is 13.4. The molecule has 2 atom stereocenters. The highest BCUT2D eigenvalue weighted by atomic mass is 16.5. The molecule has 23 heavy (non-hydrogen) atoms. The van der Waals surface area contributed by atoms with E-state index >= 15 is 0 Å². The lowest BCUT2D eigenvalue weighted by Gasteiger charge is -2.43. The van der Waals surface area contributed by atoms with Gasteiger partial charge in [-0.1, -0.05) is 12.1 Å². The smallest absolute Gasteiger partial charge is 0.221 e. The van der Waals surface area contributed by atoms with Crippen molar-refractivity contribution >= 4 is 11.6 Å². The van der Waals surface area contributed by atoms with Crippen LogP contribution in [-0.2, 0) is 16.1 Å². The van der Waals surface area contributed by atoms with E-state index in [9.17, 15) is 15.0 Å². The van der Waals surface area contributed by atoms with Gasteiger partial charge >= 0.3 is 0 Å². The predicted octanol–water partition coefficient (Wildman–Crippen LogP) is 0.732. The second-order valence-corrected chi connectivity index (χ2v) is 6.49. The van der Waals surface area contributed by atoms with Gasteiger partial charge in [-0.3, -0.25) is 9.69 Å². The summed E-state index contributed by atoms with van der Waals surface area (Å²) in [6.45, 7) is 3.84. The summed E-state index contributed by atoms with van der Waals surface area (Å²) in [4.78, 5) is 13.2. The number of aliphatic hydroxyl groups excluding tert-OH is 2. The Labute approximate surface area is 136 Å². The van der Waals surface area contributed by atoms with Crippen molar-refractivity contribution in [1.29, 1.82) is 0 Å². The summed E-state index contributed by atoms with van der Waals surface area (Å²) in [5.41, 5.74) is 1.46. The first-order chi connectivity index (χ1) is 11.0. The van der Waals surface area contributed by atoms with Crippen molar-refractivity contribution in [3.05, 3.63) is 29.8 Å². The summed E-state index contributed by atoms with van der Waals surface area (Å²) in [6, 6.07) is 7.68. The van der Waals surface area contributed by atoms with E-state index in [2.05, 4.69) is 10.2 Å². The number of anilines is 1. The van der Waals surface area contributed by atoms with Gasteiger partial charge in [0.25, 0.3) is 0 Å². The Balaban J connectivity index is 1.74. The highest BCUT2D eigenvalue weighted by molar-refractivity contribution is 5.88. The topological polar surface area (TPSA) is 82.0 Å². The van der Waals surface area contributed by atoms with E-state index in [1.807, 2.05) is 24.3 Å². The first-order valence-corrected chi connectivity index (χ1v) is 8.07. The second kappa shape index (κ2) is 6.57. The minimum Gasteiger partial charge on any atom is -0.389 e. The lowest BCUT2D eigenvalue weighted by Crippen LogP contribution is -2.54. The molecule has 3 rings (SSSR count). The molecule has 6 nitrogen and oxygen atoms in total. The maximum Gasteiger partial charge on any atom is 0.221 e. The number of β-amino-alcohol motifs (C(OH)–C–C–N with tert-alkyl or cyclic N) is 1. The van der Waals surface area contributed by atoms with Crippen LogP contribution in [0.5, 0.6) is 0 Å². The predicted molar refractivity (Wildman–Crippen MR) is 86.0 cm³/mol. The first kappa shape index (κ1) is 16.4. The van der Waals surface area contributed by atoms with E-state index in [4.69, 9.17) is 4.74 Å². The van der Waals surface area contributed by atoms with Crippen LogP contribution in [-0.4, -0.2) is 58.5 Å². The molecule has 126 valence electrons. The number of benzene rings is 1. The maximum atomic E-state index is 11.1. The summed E-state index contributed by atoms with van der Waals surface area (Å²) < 4.78 is 5.43. The van der Waals surface area contributed by atoms with Crippen LogP contribution in [0.2, 0.25) is 0 Å². The summed E-state index contributed by atoms with van der Waals surface area (Å²) in [7, 11) is 0. The van der Waals surface area contributed by atoms with Crippen LogP contribution in [0.15, 0.2) is 24.3 Å². The molecule has 1 amide bonds. The van der Waals surface area contributed by atoms with Crippen molar-refractivity contribution in [1.82, 2.24) is 4.90 Å². The van der Waals surface area contributed by atoms with Crippen molar-refractivity contribution in [3.63, 3.8) is 0 Å². The number of nitrogens with one attached hydrogen (secondary N) is 1. The molecule has 2 saturated heterocycles. The molecule has 0 aromatic heterocycles. The van der Waals surface area contributed by atoms with E-state index < -0.39 is 17.7 Å². The number of ether oxygens (including phenoxy) is 1. The zero-order valence-corrected chi connectivity index (χ0v) is 13.4. The largest absolute Gasteiger partial charge is 0.389 e. The molecule has 2 heterocycles. The molecule has 6 heteroatoms. The molecule has 2 aliphatic rings. The number of rotatable bonds is 3. The monoisotopic (exact) mass is 320 g/mol. The van der Waals surface area contributed by atoms with Crippen LogP contribution in [0.3, 0.4) is 0 Å². The first-order valence-electron chi connectivity index (χ1n) is 8.07. The molecule has 0 aliphatic carbocycles. The maximum absolute atomic E-state index is 11.1. The Kier molecular flexibility index (Phi) is 4.68. The molecule has 3 N–H and O–H groups in total. The summed E-state index contributed by atoms with van der Waals surface area (Å²) in [6.07, 6.45) is 0.0153. The van der Waals surface area contributed by atoms with Gasteiger partial charge in [0.1, 0.15) is 0 Å². The molecular formula is C17H24N2O4. The number of carbonyl (C=O) groups is 1. The number of aliphatic hydroxyl groups is 2. The summed E-state index contributed by atoms with van der Waals surface area (Å²) in [5.74, 6) is -0.0929. The Morgan fingerprint density at radius 1 is 1.30 bits per heavy atom. The fourth-order valence-electron chi connectivity index (χ4n) is 3.73. The molecule has 1 spiro atoms. The third kappa shape index (κ3) is 3.26. The fraction of sp³-hybridized carbons (Fsp3) is 0.588. The molecule has 0 bridgehead atoms. The molecule has 1 aromatic rings. The van der Waals surface area contributed by atoms with Crippen LogP contribution in [0.1, 0.15) is 25.3 Å². The van der Waals surface area contributed by atoms with Crippen LogP contribution >= 0.6 is 0 Å². The molecular weight excluding hydrogens is 296 g/mol. The normalized spacial score (nSPS) is 27.3. The van der Waals surface area contributed by atoms with Crippen molar-refractivity contribution in [2.75, 3.05) is 25.1 Å². The Morgan fingerprint density at radius 3 is 2.57 bits per heavy atom. The van der Waals surface area contributed by atoms with Gasteiger partial charge in [0.2, 0.25) is 5.91 Å². The van der Waals surface area contributed by atoms with Gasteiger partial charge in [-0.05, 0) is 30.5 Å². The Bertz CT molecular complexity index is 554. The standard InChI is InChI=1S/C17H24N2O4/c1-12(20)18-14-4-2-13(3-5-14)10-19-11-15(21)16(22)17(19)6-8-23-9-7-17/h2-5,15-16,21-22H,6-11H2,1H3,(H,18,20)/t15-,16-/m1/s1. The molecule has 0 saturated carbocycles. The van der Waals surface area contributed by atoms with E-state index in [1.54, 1.807) is 0 Å². The third-order valence-electron chi connectivity index (χ3n) is 4.96. The average molecular weight is 320 g/mol. The minimum absolute atomic E-state index is 0.0929. The van der Waals surface area contributed by atoms with Crippen molar-refractivity contribution < 1.29 is 19.7 Å². The lowest BCUT2D eigenvalue weighted by atomic mass is 9.84. The van der Waals surface area contributed by atoms with Crippen molar-refractivity contribution in [2.24, 2.45) is 0 Å². The van der Waals surface area contributed by atoms with Crippen LogP contribution < -0.4 is 5.32 Å². The van der Waals surface area contributed by atoms with Crippen molar-refractivity contribution in [3.8, 4) is 0 Å². The van der Waals surface area contributed by atoms with Crippen LogP contribution in [0, 0.1) is 0 Å². The van der Waals surface area contributed by atoms with Crippen LogP contribution in [0.4, 0.5) is 5.69 Å². The quantitative estimate of drug-likeness (QED) is 0.765. The van der Waals surface area contributed by atoms with Gasteiger partial charge in [0.15, 0.2) is 0 Å². The molecule has 2 fully saturated rings.